The molecule has 4 heteroatoms. The molecule has 0 bridgehead atoms. The number of fused-ring (bicyclic) bond motifs is 7. The zero-order valence-corrected chi connectivity index (χ0v) is 26.9. The Morgan fingerprint density at radius 2 is 1.32 bits per heavy atom. The molecule has 8 rings (SSSR count). The number of nitrogens with zero attached hydrogens (tertiary/aromatic N) is 3. The van der Waals surface area contributed by atoms with Crippen LogP contribution in [0.1, 0.15) is 41.7 Å². The fraction of sp³-hybridized carbons (Fsp3) is 0.116. The van der Waals surface area contributed by atoms with E-state index in [4.69, 9.17) is 9.98 Å². The van der Waals surface area contributed by atoms with Crippen LogP contribution in [0, 0.1) is 0 Å². The number of para-hydroxylation sites is 1. The third-order valence-corrected chi connectivity index (χ3v) is 9.49. The van der Waals surface area contributed by atoms with Crippen LogP contribution in [0.2, 0.25) is 0 Å². The van der Waals surface area contributed by atoms with Gasteiger partial charge in [0.1, 0.15) is 5.84 Å². The Balaban J connectivity index is 1.29. The number of nitrogens with one attached hydrogen (secondary N) is 1. The van der Waals surface area contributed by atoms with Gasteiger partial charge in [-0.2, -0.15) is 0 Å². The highest BCUT2D eigenvalue weighted by Crippen LogP contribution is 2.52. The molecular weight excluding hydrogens is 573 g/mol. The summed E-state index contributed by atoms with van der Waals surface area (Å²) in [5.74, 6) is 1.47. The molecule has 0 saturated carbocycles. The lowest BCUT2D eigenvalue weighted by molar-refractivity contribution is 0.664. The second-order valence-corrected chi connectivity index (χ2v) is 12.7. The van der Waals surface area contributed by atoms with Crippen molar-refractivity contribution >= 4 is 33.5 Å². The molecule has 0 saturated heterocycles. The third kappa shape index (κ3) is 4.85. The van der Waals surface area contributed by atoms with Crippen molar-refractivity contribution in [3.63, 3.8) is 0 Å². The number of aromatic nitrogens is 1. The fourth-order valence-electron chi connectivity index (χ4n) is 7.25. The van der Waals surface area contributed by atoms with Crippen LogP contribution in [0.15, 0.2) is 156 Å². The van der Waals surface area contributed by atoms with E-state index in [2.05, 4.69) is 133 Å². The van der Waals surface area contributed by atoms with Crippen molar-refractivity contribution < 1.29 is 0 Å². The van der Waals surface area contributed by atoms with Gasteiger partial charge in [-0.3, -0.25) is 4.99 Å². The molecule has 1 aromatic heterocycles. The highest BCUT2D eigenvalue weighted by Gasteiger charge is 2.38. The Morgan fingerprint density at radius 1 is 0.638 bits per heavy atom. The Labute approximate surface area is 275 Å². The average Bonchev–Trinajstić information content (AvgIpc) is 3.58. The minimum atomic E-state index is -0.134. The Kier molecular flexibility index (Phi) is 7.06. The number of aliphatic imine (C=N–C) groups is 2. The Bertz CT molecular complexity index is 2310. The number of benzene rings is 6. The summed E-state index contributed by atoms with van der Waals surface area (Å²) in [5.41, 5.74) is 12.0. The van der Waals surface area contributed by atoms with Crippen molar-refractivity contribution in [3.8, 4) is 16.8 Å². The van der Waals surface area contributed by atoms with E-state index in [1.54, 1.807) is 0 Å². The summed E-state index contributed by atoms with van der Waals surface area (Å²) in [6.07, 6.45) is 0. The molecule has 0 fully saturated rings. The van der Waals surface area contributed by atoms with Crippen molar-refractivity contribution in [2.75, 3.05) is 7.05 Å². The standard InChI is InChI=1S/C43H36N4/c1-43(2)37-20-12-10-18-33(37)35-26-27-36-34-19-11-13-21-38(34)47(40(36)39(35)43)32-24-22-31(23-25-32)42(45-28-29-14-6-4-7-15-29)46-41(44-3)30-16-8-5-9-17-30/h4-27H,28H2,1-3H3,(H,44,45,46). The largest absolute Gasteiger partial charge is 0.373 e. The topological polar surface area (TPSA) is 41.7 Å². The first-order valence-electron chi connectivity index (χ1n) is 16.2. The molecule has 47 heavy (non-hydrogen) atoms. The molecule has 1 aliphatic carbocycles. The molecule has 0 aliphatic heterocycles. The van der Waals surface area contributed by atoms with Crippen LogP contribution in [-0.4, -0.2) is 23.3 Å². The maximum atomic E-state index is 5.08. The van der Waals surface area contributed by atoms with E-state index < -0.39 is 0 Å². The van der Waals surface area contributed by atoms with Crippen LogP contribution in [-0.2, 0) is 12.0 Å². The van der Waals surface area contributed by atoms with Gasteiger partial charge in [-0.15, -0.1) is 0 Å². The molecular formula is C43H36N4. The van der Waals surface area contributed by atoms with E-state index in [0.717, 1.165) is 28.2 Å². The molecule has 228 valence electrons. The molecule has 0 amide bonds. The van der Waals surface area contributed by atoms with Crippen molar-refractivity contribution in [1.29, 1.82) is 0 Å². The van der Waals surface area contributed by atoms with Crippen LogP contribution >= 0.6 is 0 Å². The summed E-state index contributed by atoms with van der Waals surface area (Å²) in [6, 6.07) is 51.5. The predicted molar refractivity (Wildman–Crippen MR) is 197 cm³/mol. The Hall–Kier alpha value is -5.74. The predicted octanol–water partition coefficient (Wildman–Crippen LogP) is 9.70. The lowest BCUT2D eigenvalue weighted by atomic mass is 9.81. The smallest absolute Gasteiger partial charge is 0.157 e. The molecule has 6 aromatic carbocycles. The normalized spacial score (nSPS) is 13.9. The average molecular weight is 609 g/mol. The van der Waals surface area contributed by atoms with E-state index in [9.17, 15) is 0 Å². The van der Waals surface area contributed by atoms with Gasteiger partial charge in [0.05, 0.1) is 17.6 Å². The van der Waals surface area contributed by atoms with Gasteiger partial charge in [0.25, 0.3) is 0 Å². The molecule has 1 aliphatic rings. The molecule has 1 heterocycles. The molecule has 0 unspecified atom stereocenters. The van der Waals surface area contributed by atoms with Gasteiger partial charge in [-0.25, -0.2) is 4.99 Å². The van der Waals surface area contributed by atoms with E-state index in [1.165, 1.54) is 44.1 Å². The lowest BCUT2D eigenvalue weighted by Crippen LogP contribution is -2.21. The number of hydrogen-bond acceptors (Lipinski definition) is 1. The van der Waals surface area contributed by atoms with Crippen LogP contribution in [0.25, 0.3) is 38.6 Å². The second-order valence-electron chi connectivity index (χ2n) is 12.7. The molecule has 4 nitrogen and oxygen atoms in total. The zero-order valence-electron chi connectivity index (χ0n) is 26.9. The highest BCUT2D eigenvalue weighted by atomic mass is 15.0. The quantitative estimate of drug-likeness (QED) is 0.153. The first-order chi connectivity index (χ1) is 23.0. The second kappa shape index (κ2) is 11.6. The number of hydrogen-bond donors (Lipinski definition) is 1. The number of rotatable bonds is 5. The van der Waals surface area contributed by atoms with E-state index in [-0.39, 0.29) is 5.41 Å². The molecule has 0 spiro atoms. The SMILES string of the molecule is CN/C(=N\C(=N/Cc1ccccc1)c1ccc(-n2c3ccccc3c3ccc4c(c32)C(C)(C)c2ccccc2-4)cc1)c1ccccc1. The third-order valence-electron chi connectivity index (χ3n) is 9.49. The van der Waals surface area contributed by atoms with Crippen molar-refractivity contribution in [2.45, 2.75) is 25.8 Å². The summed E-state index contributed by atoms with van der Waals surface area (Å²) in [4.78, 5) is 10.1. The molecule has 0 atom stereocenters. The fourth-order valence-corrected chi connectivity index (χ4v) is 7.25. The minimum Gasteiger partial charge on any atom is -0.373 e. The minimum absolute atomic E-state index is 0.134. The summed E-state index contributed by atoms with van der Waals surface area (Å²) in [7, 11) is 1.91. The summed E-state index contributed by atoms with van der Waals surface area (Å²) < 4.78 is 2.45. The van der Waals surface area contributed by atoms with Crippen LogP contribution in [0.4, 0.5) is 0 Å². The van der Waals surface area contributed by atoms with Gasteiger partial charge >= 0.3 is 0 Å². The van der Waals surface area contributed by atoms with Gasteiger partial charge in [0.2, 0.25) is 0 Å². The maximum absolute atomic E-state index is 5.08. The first-order valence-corrected chi connectivity index (χ1v) is 16.2. The van der Waals surface area contributed by atoms with Crippen molar-refractivity contribution in [2.24, 2.45) is 9.98 Å². The molecule has 1 N–H and O–H groups in total. The first kappa shape index (κ1) is 28.7. The molecule has 0 radical (unpaired) electrons. The highest BCUT2D eigenvalue weighted by molar-refractivity contribution is 6.14. The van der Waals surface area contributed by atoms with Gasteiger partial charge in [-0.1, -0.05) is 129 Å². The van der Waals surface area contributed by atoms with Crippen molar-refractivity contribution in [1.82, 2.24) is 9.88 Å². The summed E-state index contributed by atoms with van der Waals surface area (Å²) in [5, 5.41) is 5.83. The summed E-state index contributed by atoms with van der Waals surface area (Å²) in [6.45, 7) is 5.27. The maximum Gasteiger partial charge on any atom is 0.157 e. The van der Waals surface area contributed by atoms with E-state index in [1.807, 2.05) is 43.4 Å². The lowest BCUT2D eigenvalue weighted by Gasteiger charge is -2.23. The van der Waals surface area contributed by atoms with Crippen LogP contribution in [0.3, 0.4) is 0 Å². The molecule has 7 aromatic rings. The zero-order chi connectivity index (χ0) is 32.0. The van der Waals surface area contributed by atoms with E-state index in [0.29, 0.717) is 12.4 Å². The van der Waals surface area contributed by atoms with Gasteiger partial charge in [0, 0.05) is 40.0 Å². The summed E-state index contributed by atoms with van der Waals surface area (Å²) >= 11 is 0. The van der Waals surface area contributed by atoms with Gasteiger partial charge in [-0.05, 0) is 58.1 Å². The van der Waals surface area contributed by atoms with E-state index >= 15 is 0 Å². The van der Waals surface area contributed by atoms with Gasteiger partial charge in [0.15, 0.2) is 5.84 Å². The van der Waals surface area contributed by atoms with Crippen LogP contribution < -0.4 is 5.32 Å². The monoisotopic (exact) mass is 608 g/mol. The van der Waals surface area contributed by atoms with Gasteiger partial charge < -0.3 is 9.88 Å². The van der Waals surface area contributed by atoms with Crippen LogP contribution in [0.5, 0.6) is 0 Å². The number of amidine groups is 2. The van der Waals surface area contributed by atoms with Crippen molar-refractivity contribution in [3.05, 3.63) is 173 Å². The Morgan fingerprint density at radius 3 is 2.09 bits per heavy atom.